The van der Waals surface area contributed by atoms with Crippen LogP contribution in [0.25, 0.3) is 0 Å². The first kappa shape index (κ1) is 12.7. The Morgan fingerprint density at radius 2 is 2.20 bits per heavy atom. The van der Waals surface area contributed by atoms with Crippen molar-refractivity contribution in [3.8, 4) is 5.75 Å². The van der Waals surface area contributed by atoms with Crippen molar-refractivity contribution >= 4 is 11.6 Å². The molecule has 1 aliphatic rings. The topological polar surface area (TPSA) is 55.6 Å². The Morgan fingerprint density at radius 1 is 1.40 bits per heavy atom. The van der Waals surface area contributed by atoms with Gasteiger partial charge in [0.2, 0.25) is 0 Å². The van der Waals surface area contributed by atoms with Crippen LogP contribution in [0.15, 0.2) is 28.8 Å². The summed E-state index contributed by atoms with van der Waals surface area (Å²) in [5.74, 6) is 0.492. The van der Waals surface area contributed by atoms with Gasteiger partial charge in [-0.2, -0.15) is 0 Å². The highest BCUT2D eigenvalue weighted by Crippen LogP contribution is 2.35. The van der Waals surface area contributed by atoms with Crippen molar-refractivity contribution in [2.45, 2.75) is 26.5 Å². The van der Waals surface area contributed by atoms with Gasteiger partial charge in [0.15, 0.2) is 6.10 Å². The maximum Gasteiger partial charge on any atom is 0.268 e. The minimum Gasteiger partial charge on any atom is -0.479 e. The van der Waals surface area contributed by atoms with Gasteiger partial charge in [0.25, 0.3) is 5.91 Å². The number of amides is 1. The first-order chi connectivity index (χ1) is 9.54. The van der Waals surface area contributed by atoms with Gasteiger partial charge in [-0.05, 0) is 26.0 Å². The van der Waals surface area contributed by atoms with Gasteiger partial charge in [-0.25, -0.2) is 4.39 Å². The molecular formula is C14H13FN2O3. The number of carbonyl (C=O) groups is 1. The SMILES string of the molecule is Cc1cc(CN2C(=O)C(C)Oc3ccc(F)cc32)no1. The highest BCUT2D eigenvalue weighted by molar-refractivity contribution is 5.99. The van der Waals surface area contributed by atoms with Gasteiger partial charge in [-0.3, -0.25) is 9.69 Å². The number of nitrogens with zero attached hydrogens (tertiary/aromatic N) is 2. The third kappa shape index (κ3) is 2.13. The summed E-state index contributed by atoms with van der Waals surface area (Å²) in [5, 5.41) is 3.86. The zero-order valence-electron chi connectivity index (χ0n) is 11.1. The van der Waals surface area contributed by atoms with Crippen molar-refractivity contribution in [1.82, 2.24) is 5.16 Å². The Hall–Kier alpha value is -2.37. The Labute approximate surface area is 114 Å². The zero-order valence-corrected chi connectivity index (χ0v) is 11.1. The summed E-state index contributed by atoms with van der Waals surface area (Å²) in [6.45, 7) is 3.66. The molecule has 2 heterocycles. The van der Waals surface area contributed by atoms with Crippen LogP contribution < -0.4 is 9.64 Å². The molecule has 20 heavy (non-hydrogen) atoms. The molecule has 3 rings (SSSR count). The summed E-state index contributed by atoms with van der Waals surface area (Å²) in [6, 6.07) is 5.85. The number of rotatable bonds is 2. The van der Waals surface area contributed by atoms with Gasteiger partial charge in [-0.15, -0.1) is 0 Å². The first-order valence-electron chi connectivity index (χ1n) is 6.24. The van der Waals surface area contributed by atoms with Gasteiger partial charge < -0.3 is 9.26 Å². The highest BCUT2D eigenvalue weighted by atomic mass is 19.1. The summed E-state index contributed by atoms with van der Waals surface area (Å²) in [7, 11) is 0. The Morgan fingerprint density at radius 3 is 2.90 bits per heavy atom. The van der Waals surface area contributed by atoms with Crippen molar-refractivity contribution in [1.29, 1.82) is 0 Å². The minimum absolute atomic E-state index is 0.223. The van der Waals surface area contributed by atoms with Crippen LogP contribution in [0.5, 0.6) is 5.75 Å². The molecule has 5 nitrogen and oxygen atoms in total. The Kier molecular flexibility index (Phi) is 2.93. The largest absolute Gasteiger partial charge is 0.479 e. The fourth-order valence-electron chi connectivity index (χ4n) is 2.20. The van der Waals surface area contributed by atoms with Crippen LogP contribution in [0.1, 0.15) is 18.4 Å². The van der Waals surface area contributed by atoms with Gasteiger partial charge >= 0.3 is 0 Å². The predicted molar refractivity (Wildman–Crippen MR) is 68.9 cm³/mol. The molecule has 0 fully saturated rings. The Bertz CT molecular complexity index is 668. The number of halogens is 1. The van der Waals surface area contributed by atoms with Crippen molar-refractivity contribution in [2.24, 2.45) is 0 Å². The molecule has 104 valence electrons. The van der Waals surface area contributed by atoms with E-state index in [4.69, 9.17) is 9.26 Å². The second-order valence-corrected chi connectivity index (χ2v) is 4.73. The first-order valence-corrected chi connectivity index (χ1v) is 6.24. The van der Waals surface area contributed by atoms with E-state index in [0.29, 0.717) is 22.9 Å². The molecule has 0 radical (unpaired) electrons. The molecule has 0 spiro atoms. The number of aromatic nitrogens is 1. The van der Waals surface area contributed by atoms with E-state index >= 15 is 0 Å². The molecule has 1 aromatic heterocycles. The van der Waals surface area contributed by atoms with Crippen molar-refractivity contribution < 1.29 is 18.4 Å². The normalized spacial score (nSPS) is 17.9. The molecule has 1 aromatic carbocycles. The van der Waals surface area contributed by atoms with E-state index in [2.05, 4.69) is 5.16 Å². The lowest BCUT2D eigenvalue weighted by molar-refractivity contribution is -0.125. The maximum absolute atomic E-state index is 13.4. The number of benzene rings is 1. The number of hydrogen-bond donors (Lipinski definition) is 0. The molecule has 0 aliphatic carbocycles. The van der Waals surface area contributed by atoms with Crippen LogP contribution in [0.3, 0.4) is 0 Å². The van der Waals surface area contributed by atoms with E-state index in [1.54, 1.807) is 19.9 Å². The van der Waals surface area contributed by atoms with E-state index in [0.717, 1.165) is 0 Å². The maximum atomic E-state index is 13.4. The number of carbonyl (C=O) groups excluding carboxylic acids is 1. The van der Waals surface area contributed by atoms with Crippen molar-refractivity contribution in [3.63, 3.8) is 0 Å². The molecule has 0 saturated heterocycles. The van der Waals surface area contributed by atoms with Crippen molar-refractivity contribution in [2.75, 3.05) is 4.90 Å². The van der Waals surface area contributed by atoms with E-state index < -0.39 is 11.9 Å². The third-order valence-corrected chi connectivity index (χ3v) is 3.13. The van der Waals surface area contributed by atoms with E-state index in [-0.39, 0.29) is 12.5 Å². The molecule has 1 atom stereocenters. The number of anilines is 1. The summed E-state index contributed by atoms with van der Waals surface area (Å²) >= 11 is 0. The average Bonchev–Trinajstić information content (AvgIpc) is 2.81. The molecule has 1 unspecified atom stereocenters. The predicted octanol–water partition coefficient (Wildman–Crippen LogP) is 2.44. The van der Waals surface area contributed by atoms with Crippen LogP contribution in [0.2, 0.25) is 0 Å². The molecule has 0 N–H and O–H groups in total. The minimum atomic E-state index is -0.610. The number of hydrogen-bond acceptors (Lipinski definition) is 4. The summed E-state index contributed by atoms with van der Waals surface area (Å²) in [4.78, 5) is 13.7. The Balaban J connectivity index is 2.00. The molecular weight excluding hydrogens is 263 g/mol. The number of aryl methyl sites for hydroxylation is 1. The number of ether oxygens (including phenoxy) is 1. The summed E-state index contributed by atoms with van der Waals surface area (Å²) in [6.07, 6.45) is -0.610. The molecule has 0 bridgehead atoms. The van der Waals surface area contributed by atoms with E-state index in [9.17, 15) is 9.18 Å². The fourth-order valence-corrected chi connectivity index (χ4v) is 2.20. The lowest BCUT2D eigenvalue weighted by Crippen LogP contribution is -2.44. The lowest BCUT2D eigenvalue weighted by Gasteiger charge is -2.32. The molecule has 1 aliphatic heterocycles. The second kappa shape index (κ2) is 4.63. The quantitative estimate of drug-likeness (QED) is 0.845. The van der Waals surface area contributed by atoms with Crippen LogP contribution in [0.4, 0.5) is 10.1 Å². The fraction of sp³-hybridized carbons (Fsp3) is 0.286. The van der Waals surface area contributed by atoms with Crippen LogP contribution in [0, 0.1) is 12.7 Å². The van der Waals surface area contributed by atoms with E-state index in [1.807, 2.05) is 0 Å². The molecule has 2 aromatic rings. The van der Waals surface area contributed by atoms with Gasteiger partial charge in [0.05, 0.1) is 12.2 Å². The van der Waals surface area contributed by atoms with Crippen molar-refractivity contribution in [3.05, 3.63) is 41.5 Å². The average molecular weight is 276 g/mol. The van der Waals surface area contributed by atoms with Crippen LogP contribution >= 0.6 is 0 Å². The molecule has 0 saturated carbocycles. The van der Waals surface area contributed by atoms with Crippen LogP contribution in [-0.4, -0.2) is 17.2 Å². The zero-order chi connectivity index (χ0) is 14.3. The standard InChI is InChI=1S/C14H13FN2O3/c1-8-5-11(16-20-8)7-17-12-6-10(15)3-4-13(12)19-9(2)14(17)18/h3-6,9H,7H2,1-2H3. The summed E-state index contributed by atoms with van der Waals surface area (Å²) in [5.41, 5.74) is 1.02. The lowest BCUT2D eigenvalue weighted by atomic mass is 10.1. The van der Waals surface area contributed by atoms with E-state index in [1.165, 1.54) is 23.1 Å². The second-order valence-electron chi connectivity index (χ2n) is 4.73. The van der Waals surface area contributed by atoms with Gasteiger partial charge in [-0.1, -0.05) is 5.16 Å². The monoisotopic (exact) mass is 276 g/mol. The molecule has 6 heteroatoms. The van der Waals surface area contributed by atoms with Gasteiger partial charge in [0.1, 0.15) is 23.0 Å². The van der Waals surface area contributed by atoms with Crippen LogP contribution in [-0.2, 0) is 11.3 Å². The number of fused-ring (bicyclic) bond motifs is 1. The molecule has 1 amide bonds. The van der Waals surface area contributed by atoms with Gasteiger partial charge in [0, 0.05) is 12.1 Å². The smallest absolute Gasteiger partial charge is 0.268 e. The summed E-state index contributed by atoms with van der Waals surface area (Å²) < 4.78 is 23.9. The third-order valence-electron chi connectivity index (χ3n) is 3.13. The highest BCUT2D eigenvalue weighted by Gasteiger charge is 2.32.